The summed E-state index contributed by atoms with van der Waals surface area (Å²) >= 11 is 0. The lowest BCUT2D eigenvalue weighted by Crippen LogP contribution is -2.38. The highest BCUT2D eigenvalue weighted by Crippen LogP contribution is 2.34. The standard InChI is InChI=1S/C22H31N3O4/c1-6-29-19-10-8-7-9-16(19)15-25-22(23-2)24-12-11-18-20(27-4)13-17(26-3)14-21(18)28-5/h7-10,13-14H,6,11-12,15H2,1-5H3,(H2,23,24,25). The van der Waals surface area contributed by atoms with E-state index < -0.39 is 0 Å². The number of guanidine groups is 1. The van der Waals surface area contributed by atoms with Gasteiger partial charge in [-0.15, -0.1) is 0 Å². The van der Waals surface area contributed by atoms with Crippen LogP contribution in [0.25, 0.3) is 0 Å². The number of nitrogens with one attached hydrogen (secondary N) is 2. The van der Waals surface area contributed by atoms with Crippen LogP contribution in [0.15, 0.2) is 41.4 Å². The molecule has 0 saturated carbocycles. The molecule has 0 aliphatic carbocycles. The number of benzene rings is 2. The molecule has 0 unspecified atom stereocenters. The maximum atomic E-state index is 5.67. The van der Waals surface area contributed by atoms with Crippen molar-refractivity contribution in [1.29, 1.82) is 0 Å². The van der Waals surface area contributed by atoms with Gasteiger partial charge in [0.1, 0.15) is 23.0 Å². The van der Waals surface area contributed by atoms with Gasteiger partial charge in [0.15, 0.2) is 5.96 Å². The zero-order chi connectivity index (χ0) is 21.1. The predicted molar refractivity (Wildman–Crippen MR) is 116 cm³/mol. The van der Waals surface area contributed by atoms with Crippen molar-refractivity contribution in [2.24, 2.45) is 4.99 Å². The molecule has 0 fully saturated rings. The molecule has 0 radical (unpaired) electrons. The summed E-state index contributed by atoms with van der Waals surface area (Å²) in [7, 11) is 6.65. The maximum Gasteiger partial charge on any atom is 0.191 e. The van der Waals surface area contributed by atoms with Crippen LogP contribution in [0, 0.1) is 0 Å². The second kappa shape index (κ2) is 11.7. The van der Waals surface area contributed by atoms with Crippen LogP contribution in [-0.2, 0) is 13.0 Å². The summed E-state index contributed by atoms with van der Waals surface area (Å²) in [6.45, 7) is 3.89. The molecular formula is C22H31N3O4. The number of hydrogen-bond acceptors (Lipinski definition) is 5. The van der Waals surface area contributed by atoms with Crippen LogP contribution in [0.3, 0.4) is 0 Å². The Morgan fingerprint density at radius 2 is 1.62 bits per heavy atom. The third kappa shape index (κ3) is 6.20. The first-order valence-corrected chi connectivity index (χ1v) is 9.60. The Morgan fingerprint density at radius 1 is 0.931 bits per heavy atom. The van der Waals surface area contributed by atoms with Gasteiger partial charge in [0.05, 0.1) is 27.9 Å². The van der Waals surface area contributed by atoms with Gasteiger partial charge in [-0.05, 0) is 19.4 Å². The molecule has 0 atom stereocenters. The minimum atomic E-state index is 0.616. The fourth-order valence-electron chi connectivity index (χ4n) is 2.98. The summed E-state index contributed by atoms with van der Waals surface area (Å²) < 4.78 is 22.0. The van der Waals surface area contributed by atoms with E-state index in [1.54, 1.807) is 28.4 Å². The van der Waals surface area contributed by atoms with E-state index in [-0.39, 0.29) is 0 Å². The van der Waals surface area contributed by atoms with Gasteiger partial charge in [0.25, 0.3) is 0 Å². The molecule has 7 nitrogen and oxygen atoms in total. The molecule has 0 spiro atoms. The molecule has 0 heterocycles. The van der Waals surface area contributed by atoms with Gasteiger partial charge in [-0.3, -0.25) is 4.99 Å². The van der Waals surface area contributed by atoms with Gasteiger partial charge in [0.2, 0.25) is 0 Å². The van der Waals surface area contributed by atoms with Crippen LogP contribution >= 0.6 is 0 Å². The lowest BCUT2D eigenvalue weighted by atomic mass is 10.1. The van der Waals surface area contributed by atoms with E-state index in [1.807, 2.05) is 43.3 Å². The minimum absolute atomic E-state index is 0.616. The van der Waals surface area contributed by atoms with Crippen molar-refractivity contribution >= 4 is 5.96 Å². The highest BCUT2D eigenvalue weighted by atomic mass is 16.5. The number of para-hydroxylation sites is 1. The summed E-state index contributed by atoms with van der Waals surface area (Å²) in [5.74, 6) is 3.75. The molecule has 0 amide bonds. The smallest absolute Gasteiger partial charge is 0.191 e. The Kier molecular flexibility index (Phi) is 8.95. The third-order valence-electron chi connectivity index (χ3n) is 4.43. The van der Waals surface area contributed by atoms with E-state index >= 15 is 0 Å². The van der Waals surface area contributed by atoms with Crippen molar-refractivity contribution in [1.82, 2.24) is 10.6 Å². The molecule has 2 N–H and O–H groups in total. The molecule has 0 bridgehead atoms. The maximum absolute atomic E-state index is 5.67. The number of ether oxygens (including phenoxy) is 4. The Balaban J connectivity index is 1.97. The molecule has 0 aliphatic heterocycles. The van der Waals surface area contributed by atoms with Crippen LogP contribution in [-0.4, -0.2) is 47.5 Å². The Morgan fingerprint density at radius 3 is 2.21 bits per heavy atom. The summed E-state index contributed by atoms with van der Waals surface area (Å²) in [6.07, 6.45) is 0.701. The second-order valence-corrected chi connectivity index (χ2v) is 6.15. The average molecular weight is 402 g/mol. The highest BCUT2D eigenvalue weighted by Gasteiger charge is 2.13. The highest BCUT2D eigenvalue weighted by molar-refractivity contribution is 5.79. The van der Waals surface area contributed by atoms with Crippen molar-refractivity contribution in [3.8, 4) is 23.0 Å². The second-order valence-electron chi connectivity index (χ2n) is 6.15. The zero-order valence-electron chi connectivity index (χ0n) is 17.9. The molecule has 0 saturated heterocycles. The normalized spacial score (nSPS) is 11.0. The van der Waals surface area contributed by atoms with Gasteiger partial charge < -0.3 is 29.6 Å². The number of nitrogens with zero attached hydrogens (tertiary/aromatic N) is 1. The fraction of sp³-hybridized carbons (Fsp3) is 0.409. The lowest BCUT2D eigenvalue weighted by molar-refractivity contribution is 0.336. The Labute approximate surface area is 173 Å². The van der Waals surface area contributed by atoms with Crippen LogP contribution in [0.2, 0.25) is 0 Å². The molecular weight excluding hydrogens is 370 g/mol. The van der Waals surface area contributed by atoms with Crippen molar-refractivity contribution in [2.45, 2.75) is 19.9 Å². The van der Waals surface area contributed by atoms with E-state index in [1.165, 1.54) is 0 Å². The largest absolute Gasteiger partial charge is 0.496 e. The van der Waals surface area contributed by atoms with Crippen LogP contribution in [0.5, 0.6) is 23.0 Å². The number of methoxy groups -OCH3 is 3. The SMILES string of the molecule is CCOc1ccccc1CNC(=NC)NCCc1c(OC)cc(OC)cc1OC. The molecule has 2 rings (SSSR count). The topological polar surface area (TPSA) is 73.3 Å². The number of aliphatic imine (C=N–C) groups is 1. The number of hydrogen-bond donors (Lipinski definition) is 2. The molecule has 0 aliphatic rings. The Bertz CT molecular complexity index is 783. The molecule has 0 aromatic heterocycles. The monoisotopic (exact) mass is 401 g/mol. The van der Waals surface area contributed by atoms with Crippen LogP contribution in [0.4, 0.5) is 0 Å². The van der Waals surface area contributed by atoms with E-state index in [9.17, 15) is 0 Å². The third-order valence-corrected chi connectivity index (χ3v) is 4.43. The summed E-state index contributed by atoms with van der Waals surface area (Å²) in [5, 5.41) is 6.65. The summed E-state index contributed by atoms with van der Waals surface area (Å²) in [4.78, 5) is 4.29. The number of rotatable bonds is 10. The zero-order valence-corrected chi connectivity index (χ0v) is 17.9. The van der Waals surface area contributed by atoms with Gasteiger partial charge in [0, 0.05) is 43.4 Å². The molecule has 2 aromatic rings. The first-order valence-electron chi connectivity index (χ1n) is 9.60. The van der Waals surface area contributed by atoms with Gasteiger partial charge in [-0.25, -0.2) is 0 Å². The molecule has 2 aromatic carbocycles. The molecule has 7 heteroatoms. The Hall–Kier alpha value is -3.09. The van der Waals surface area contributed by atoms with Crippen LogP contribution in [0.1, 0.15) is 18.1 Å². The summed E-state index contributed by atoms with van der Waals surface area (Å²) in [5.41, 5.74) is 2.05. The average Bonchev–Trinajstić information content (AvgIpc) is 2.76. The van der Waals surface area contributed by atoms with E-state index in [0.717, 1.165) is 28.4 Å². The van der Waals surface area contributed by atoms with Gasteiger partial charge in [-0.2, -0.15) is 0 Å². The van der Waals surface area contributed by atoms with Crippen molar-refractivity contribution in [2.75, 3.05) is 41.5 Å². The first-order chi connectivity index (χ1) is 14.2. The van der Waals surface area contributed by atoms with Crippen LogP contribution < -0.4 is 29.6 Å². The fourth-order valence-corrected chi connectivity index (χ4v) is 2.98. The lowest BCUT2D eigenvalue weighted by Gasteiger charge is -2.17. The van der Waals surface area contributed by atoms with Gasteiger partial charge >= 0.3 is 0 Å². The van der Waals surface area contributed by atoms with Crippen molar-refractivity contribution < 1.29 is 18.9 Å². The predicted octanol–water partition coefficient (Wildman–Crippen LogP) is 3.02. The van der Waals surface area contributed by atoms with E-state index in [2.05, 4.69) is 15.6 Å². The van der Waals surface area contributed by atoms with Crippen molar-refractivity contribution in [3.63, 3.8) is 0 Å². The first kappa shape index (κ1) is 22.2. The summed E-state index contributed by atoms with van der Waals surface area (Å²) in [6, 6.07) is 11.7. The van der Waals surface area contributed by atoms with E-state index in [0.29, 0.717) is 37.8 Å². The quantitative estimate of drug-likeness (QED) is 0.471. The van der Waals surface area contributed by atoms with E-state index in [4.69, 9.17) is 18.9 Å². The van der Waals surface area contributed by atoms with Crippen molar-refractivity contribution in [3.05, 3.63) is 47.5 Å². The molecule has 158 valence electrons. The van der Waals surface area contributed by atoms with Gasteiger partial charge in [-0.1, -0.05) is 18.2 Å². The minimum Gasteiger partial charge on any atom is -0.496 e. The molecule has 29 heavy (non-hydrogen) atoms.